The molecule has 10 heteroatoms. The molecule has 2 N–H and O–H groups in total. The van der Waals surface area contributed by atoms with Gasteiger partial charge in [0.2, 0.25) is 0 Å². The Hall–Kier alpha value is -2.20. The van der Waals surface area contributed by atoms with Crippen LogP contribution in [-0.2, 0) is 17.6 Å². The van der Waals surface area contributed by atoms with Gasteiger partial charge in [0.15, 0.2) is 28.4 Å². The monoisotopic (exact) mass is 460 g/mol. The van der Waals surface area contributed by atoms with Crippen molar-refractivity contribution in [3.05, 3.63) is 45.3 Å². The normalized spacial score (nSPS) is 13.8. The maximum absolute atomic E-state index is 13.9. The van der Waals surface area contributed by atoms with E-state index in [9.17, 15) is 22.4 Å². The third-order valence-electron chi connectivity index (χ3n) is 4.73. The van der Waals surface area contributed by atoms with Crippen molar-refractivity contribution in [3.8, 4) is 0 Å². The quantitative estimate of drug-likeness (QED) is 0.256. The van der Waals surface area contributed by atoms with Crippen LogP contribution in [0.25, 0.3) is 0 Å². The van der Waals surface area contributed by atoms with Gasteiger partial charge in [-0.3, -0.25) is 0 Å². The van der Waals surface area contributed by atoms with Crippen molar-refractivity contribution in [3.63, 3.8) is 0 Å². The number of thiocarbonyl (C=S) groups is 1. The predicted molar refractivity (Wildman–Crippen MR) is 112 cm³/mol. The number of esters is 1. The Kier molecular flexibility index (Phi) is 7.30. The van der Waals surface area contributed by atoms with Gasteiger partial charge in [-0.15, -0.1) is 11.3 Å². The van der Waals surface area contributed by atoms with Crippen molar-refractivity contribution >= 4 is 45.3 Å². The minimum atomic E-state index is -1.60. The number of carbonyl (C=O) groups is 1. The van der Waals surface area contributed by atoms with E-state index in [1.54, 1.807) is 6.92 Å². The zero-order valence-corrected chi connectivity index (χ0v) is 17.8. The largest absolute Gasteiger partial charge is 0.462 e. The Morgan fingerprint density at radius 2 is 1.70 bits per heavy atom. The smallest absolute Gasteiger partial charge is 0.341 e. The molecule has 1 heterocycles. The number of hydrogen-bond donors (Lipinski definition) is 2. The maximum atomic E-state index is 13.9. The zero-order valence-electron chi connectivity index (χ0n) is 16.2. The minimum Gasteiger partial charge on any atom is -0.462 e. The Bertz CT molecular complexity index is 952. The van der Waals surface area contributed by atoms with Crippen molar-refractivity contribution < 1.29 is 27.1 Å². The van der Waals surface area contributed by atoms with Crippen LogP contribution < -0.4 is 10.6 Å². The topological polar surface area (TPSA) is 50.4 Å². The summed E-state index contributed by atoms with van der Waals surface area (Å²) in [6.45, 7) is 1.88. The van der Waals surface area contributed by atoms with Crippen molar-refractivity contribution in [1.82, 2.24) is 0 Å². The van der Waals surface area contributed by atoms with Gasteiger partial charge in [0.05, 0.1) is 12.2 Å². The zero-order chi connectivity index (χ0) is 21.8. The van der Waals surface area contributed by atoms with Crippen LogP contribution in [0.3, 0.4) is 0 Å². The van der Waals surface area contributed by atoms with E-state index in [4.69, 9.17) is 17.0 Å². The average Bonchev–Trinajstić information content (AvgIpc) is 3.00. The van der Waals surface area contributed by atoms with Crippen LogP contribution in [0.5, 0.6) is 0 Å². The molecular weight excluding hydrogens is 440 g/mol. The van der Waals surface area contributed by atoms with Gasteiger partial charge in [-0.05, 0) is 50.4 Å². The van der Waals surface area contributed by atoms with E-state index in [-0.39, 0.29) is 17.8 Å². The van der Waals surface area contributed by atoms with E-state index >= 15 is 0 Å². The van der Waals surface area contributed by atoms with Crippen LogP contribution in [0.1, 0.15) is 53.4 Å². The first-order valence-electron chi connectivity index (χ1n) is 9.56. The molecule has 0 atom stereocenters. The van der Waals surface area contributed by atoms with Crippen molar-refractivity contribution in [2.45, 2.75) is 45.4 Å². The lowest BCUT2D eigenvalue weighted by molar-refractivity contribution is 0.0526. The highest BCUT2D eigenvalue weighted by Gasteiger charge is 2.26. The first-order chi connectivity index (χ1) is 14.3. The predicted octanol–water partition coefficient (Wildman–Crippen LogP) is 5.95. The number of hydrogen-bond acceptors (Lipinski definition) is 4. The molecule has 1 aliphatic carbocycles. The van der Waals surface area contributed by atoms with Gasteiger partial charge in [-0.1, -0.05) is 12.8 Å². The molecule has 0 amide bonds. The Balaban J connectivity index is 1.91. The third kappa shape index (κ3) is 4.75. The van der Waals surface area contributed by atoms with E-state index in [1.807, 2.05) is 0 Å². The standard InChI is InChI=1S/C20H20F4N2O2S2/c1-2-28-19(27)14-10-7-5-3-4-6-8-13(10)30-18(14)26-20(29)25-17-15(23)11(21)9-12(22)16(17)24/h9H,2-8H2,1H3,(H2,25,26,29). The SMILES string of the molecule is CCOC(=O)c1c(NC(=S)Nc2c(F)c(F)cc(F)c2F)sc2c1CCCCCC2. The molecule has 0 bridgehead atoms. The number of fused-ring (bicyclic) bond motifs is 1. The summed E-state index contributed by atoms with van der Waals surface area (Å²) in [5.41, 5.74) is 0.185. The fraction of sp³-hybridized carbons (Fsp3) is 0.400. The summed E-state index contributed by atoms with van der Waals surface area (Å²) >= 11 is 6.40. The van der Waals surface area contributed by atoms with Crippen molar-refractivity contribution in [2.75, 3.05) is 17.2 Å². The fourth-order valence-corrected chi connectivity index (χ4v) is 4.91. The molecule has 0 spiro atoms. The lowest BCUT2D eigenvalue weighted by Crippen LogP contribution is -2.22. The van der Waals surface area contributed by atoms with E-state index in [1.165, 1.54) is 11.3 Å². The number of rotatable bonds is 4. The number of benzene rings is 1. The summed E-state index contributed by atoms with van der Waals surface area (Å²) in [5.74, 6) is -6.81. The molecule has 4 nitrogen and oxygen atoms in total. The molecule has 0 saturated heterocycles. The molecule has 0 aliphatic heterocycles. The van der Waals surface area contributed by atoms with Gasteiger partial charge < -0.3 is 15.4 Å². The first kappa shape index (κ1) is 22.5. The van der Waals surface area contributed by atoms with Gasteiger partial charge >= 0.3 is 5.97 Å². The van der Waals surface area contributed by atoms with Crippen LogP contribution in [-0.4, -0.2) is 17.7 Å². The van der Waals surface area contributed by atoms with Gasteiger partial charge in [-0.2, -0.15) is 0 Å². The lowest BCUT2D eigenvalue weighted by Gasteiger charge is -2.13. The second-order valence-electron chi connectivity index (χ2n) is 6.76. The molecule has 2 aromatic rings. The highest BCUT2D eigenvalue weighted by molar-refractivity contribution is 7.80. The van der Waals surface area contributed by atoms with E-state index in [2.05, 4.69) is 10.6 Å². The number of halogens is 4. The third-order valence-corrected chi connectivity index (χ3v) is 6.14. The molecule has 3 rings (SSSR count). The molecule has 0 fully saturated rings. The number of anilines is 2. The highest BCUT2D eigenvalue weighted by atomic mass is 32.1. The Labute approximate surface area is 180 Å². The molecular formula is C20H20F4N2O2S2. The Morgan fingerprint density at radius 3 is 2.33 bits per heavy atom. The molecule has 0 unspecified atom stereocenters. The van der Waals surface area contributed by atoms with Crippen LogP contribution in [0.4, 0.5) is 28.3 Å². The van der Waals surface area contributed by atoms with Gasteiger partial charge in [0.1, 0.15) is 10.7 Å². The molecule has 0 radical (unpaired) electrons. The minimum absolute atomic E-state index is 0.116. The van der Waals surface area contributed by atoms with Gasteiger partial charge in [0.25, 0.3) is 0 Å². The summed E-state index contributed by atoms with van der Waals surface area (Å²) in [4.78, 5) is 13.6. The molecule has 30 heavy (non-hydrogen) atoms. The summed E-state index contributed by atoms with van der Waals surface area (Å²) in [6, 6.07) is 0.116. The summed E-state index contributed by atoms with van der Waals surface area (Å²) in [5, 5.41) is 4.97. The fourth-order valence-electron chi connectivity index (χ4n) is 3.36. The second kappa shape index (κ2) is 9.74. The maximum Gasteiger partial charge on any atom is 0.341 e. The first-order valence-corrected chi connectivity index (χ1v) is 10.8. The number of ether oxygens (including phenoxy) is 1. The van der Waals surface area contributed by atoms with Gasteiger partial charge in [-0.25, -0.2) is 22.4 Å². The number of carbonyl (C=O) groups excluding carboxylic acids is 1. The van der Waals surface area contributed by atoms with E-state index in [0.29, 0.717) is 17.0 Å². The average molecular weight is 461 g/mol. The summed E-state index contributed by atoms with van der Waals surface area (Å²) < 4.78 is 59.9. The van der Waals surface area contributed by atoms with Crippen LogP contribution in [0.2, 0.25) is 0 Å². The molecule has 162 valence electrons. The lowest BCUT2D eigenvalue weighted by atomic mass is 9.96. The van der Waals surface area contributed by atoms with Gasteiger partial charge in [0, 0.05) is 10.9 Å². The second-order valence-corrected chi connectivity index (χ2v) is 8.28. The number of aryl methyl sites for hydroxylation is 1. The van der Waals surface area contributed by atoms with Crippen LogP contribution >= 0.6 is 23.6 Å². The number of nitrogens with one attached hydrogen (secondary N) is 2. The summed E-state index contributed by atoms with van der Waals surface area (Å²) in [7, 11) is 0. The molecule has 1 aliphatic rings. The van der Waals surface area contributed by atoms with Crippen molar-refractivity contribution in [1.29, 1.82) is 0 Å². The Morgan fingerprint density at radius 1 is 1.07 bits per heavy atom. The number of thiophene rings is 1. The summed E-state index contributed by atoms with van der Waals surface area (Å²) in [6.07, 6.45) is 5.57. The van der Waals surface area contributed by atoms with Crippen LogP contribution in [0.15, 0.2) is 6.07 Å². The van der Waals surface area contributed by atoms with Crippen LogP contribution in [0, 0.1) is 23.3 Å². The van der Waals surface area contributed by atoms with Crippen molar-refractivity contribution in [2.24, 2.45) is 0 Å². The molecule has 0 saturated carbocycles. The van der Waals surface area contributed by atoms with E-state index in [0.717, 1.165) is 42.5 Å². The molecule has 1 aromatic heterocycles. The van der Waals surface area contributed by atoms with E-state index < -0.39 is 34.9 Å². The molecule has 1 aromatic carbocycles. The highest BCUT2D eigenvalue weighted by Crippen LogP contribution is 2.38.